The summed E-state index contributed by atoms with van der Waals surface area (Å²) >= 11 is 9.76. The summed E-state index contributed by atoms with van der Waals surface area (Å²) in [6.07, 6.45) is 2.26. The summed E-state index contributed by atoms with van der Waals surface area (Å²) in [7, 11) is 1.67. The molecule has 0 saturated heterocycles. The van der Waals surface area contributed by atoms with Crippen molar-refractivity contribution in [3.63, 3.8) is 0 Å². The monoisotopic (exact) mass is 365 g/mol. The topological polar surface area (TPSA) is 21.3 Å². The average molecular weight is 367 g/mol. The molecule has 0 bridgehead atoms. The van der Waals surface area contributed by atoms with Crippen LogP contribution in [-0.4, -0.2) is 13.2 Å². The van der Waals surface area contributed by atoms with Crippen molar-refractivity contribution in [1.82, 2.24) is 0 Å². The Balaban J connectivity index is 1.62. The van der Waals surface area contributed by atoms with Crippen LogP contribution in [0.4, 0.5) is 5.69 Å². The quantitative estimate of drug-likeness (QED) is 0.774. The van der Waals surface area contributed by atoms with E-state index in [0.717, 1.165) is 33.8 Å². The van der Waals surface area contributed by atoms with E-state index >= 15 is 0 Å². The summed E-state index contributed by atoms with van der Waals surface area (Å²) in [5.74, 6) is 1.45. The molecule has 1 aliphatic carbocycles. The van der Waals surface area contributed by atoms with Crippen LogP contribution >= 0.6 is 27.5 Å². The molecule has 1 N–H and O–H groups in total. The number of benzene rings is 2. The average Bonchev–Trinajstić information content (AvgIpc) is 2.44. The fourth-order valence-electron chi connectivity index (χ4n) is 2.73. The Morgan fingerprint density at radius 1 is 1.19 bits per heavy atom. The van der Waals surface area contributed by atoms with Gasteiger partial charge in [-0.05, 0) is 48.6 Å². The molecule has 0 heterocycles. The highest BCUT2D eigenvalue weighted by Crippen LogP contribution is 2.40. The summed E-state index contributed by atoms with van der Waals surface area (Å²) in [6, 6.07) is 14.7. The van der Waals surface area contributed by atoms with Crippen molar-refractivity contribution in [2.45, 2.75) is 24.8 Å². The second-order valence-electron chi connectivity index (χ2n) is 5.41. The summed E-state index contributed by atoms with van der Waals surface area (Å²) in [5, 5.41) is 4.25. The van der Waals surface area contributed by atoms with Crippen molar-refractivity contribution in [3.8, 4) is 5.75 Å². The molecule has 4 heteroatoms. The number of halogens is 2. The van der Waals surface area contributed by atoms with Crippen molar-refractivity contribution in [1.29, 1.82) is 0 Å². The highest BCUT2D eigenvalue weighted by Gasteiger charge is 2.30. The summed E-state index contributed by atoms with van der Waals surface area (Å²) in [6.45, 7) is 0. The van der Waals surface area contributed by atoms with Gasteiger partial charge in [-0.15, -0.1) is 0 Å². The van der Waals surface area contributed by atoms with Crippen LogP contribution < -0.4 is 10.1 Å². The van der Waals surface area contributed by atoms with E-state index in [-0.39, 0.29) is 0 Å². The first kappa shape index (κ1) is 14.7. The van der Waals surface area contributed by atoms with Crippen LogP contribution in [0, 0.1) is 0 Å². The highest BCUT2D eigenvalue weighted by molar-refractivity contribution is 9.10. The molecule has 2 aromatic carbocycles. The normalized spacial score (nSPS) is 20.7. The van der Waals surface area contributed by atoms with Crippen molar-refractivity contribution >= 4 is 33.2 Å². The molecule has 1 aliphatic rings. The van der Waals surface area contributed by atoms with Crippen LogP contribution in [0.1, 0.15) is 24.3 Å². The maximum atomic E-state index is 6.23. The number of hydrogen-bond donors (Lipinski definition) is 1. The minimum absolute atomic E-state index is 0.471. The molecule has 1 saturated carbocycles. The fraction of sp³-hybridized carbons (Fsp3) is 0.294. The molecule has 110 valence electrons. The molecular weight excluding hydrogens is 350 g/mol. The number of ether oxygens (including phenoxy) is 1. The molecule has 1 fully saturated rings. The molecule has 0 amide bonds. The molecule has 0 atom stereocenters. The van der Waals surface area contributed by atoms with E-state index in [1.807, 2.05) is 18.2 Å². The molecule has 3 rings (SSSR count). The number of anilines is 1. The van der Waals surface area contributed by atoms with Crippen LogP contribution in [-0.2, 0) is 0 Å². The molecule has 0 aromatic heterocycles. The van der Waals surface area contributed by atoms with E-state index in [1.165, 1.54) is 5.56 Å². The van der Waals surface area contributed by atoms with E-state index in [4.69, 9.17) is 16.3 Å². The van der Waals surface area contributed by atoms with E-state index in [9.17, 15) is 0 Å². The molecule has 2 aromatic rings. The van der Waals surface area contributed by atoms with Gasteiger partial charge in [0.25, 0.3) is 0 Å². The Bertz CT molecular complexity index is 640. The Morgan fingerprint density at radius 2 is 2.00 bits per heavy atom. The third-order valence-electron chi connectivity index (χ3n) is 3.99. The zero-order valence-corrected chi connectivity index (χ0v) is 14.1. The van der Waals surface area contributed by atoms with Crippen LogP contribution in [0.3, 0.4) is 0 Å². The van der Waals surface area contributed by atoms with Gasteiger partial charge in [-0.3, -0.25) is 0 Å². The zero-order chi connectivity index (χ0) is 14.8. The number of rotatable bonds is 4. The standard InChI is InChI=1S/C17H17BrClNO/c1-21-15-5-6-16(19)17(10-15)20-14-8-12(9-14)11-3-2-4-13(18)7-11/h2-7,10,12,14,20H,8-9H2,1H3. The first-order chi connectivity index (χ1) is 10.2. The maximum absolute atomic E-state index is 6.23. The van der Waals surface area contributed by atoms with Gasteiger partial charge in [0, 0.05) is 16.6 Å². The lowest BCUT2D eigenvalue weighted by Gasteiger charge is -2.37. The van der Waals surface area contributed by atoms with E-state index in [2.05, 4.69) is 45.5 Å². The second kappa shape index (κ2) is 6.29. The number of hydrogen-bond acceptors (Lipinski definition) is 2. The minimum atomic E-state index is 0.471. The smallest absolute Gasteiger partial charge is 0.121 e. The van der Waals surface area contributed by atoms with Crippen molar-refractivity contribution in [3.05, 3.63) is 57.5 Å². The van der Waals surface area contributed by atoms with Crippen molar-refractivity contribution in [2.75, 3.05) is 12.4 Å². The molecule has 0 radical (unpaired) electrons. The van der Waals surface area contributed by atoms with Gasteiger partial charge in [-0.2, -0.15) is 0 Å². The first-order valence-corrected chi connectivity index (χ1v) is 8.18. The van der Waals surface area contributed by atoms with Gasteiger partial charge in [0.15, 0.2) is 0 Å². The maximum Gasteiger partial charge on any atom is 0.121 e. The predicted octanol–water partition coefficient (Wildman–Crippen LogP) is 5.47. The SMILES string of the molecule is COc1ccc(Cl)c(NC2CC(c3cccc(Br)c3)C2)c1. The summed E-state index contributed by atoms with van der Waals surface area (Å²) in [5.41, 5.74) is 2.35. The van der Waals surface area contributed by atoms with Gasteiger partial charge in [0.05, 0.1) is 17.8 Å². The third-order valence-corrected chi connectivity index (χ3v) is 4.81. The van der Waals surface area contributed by atoms with Gasteiger partial charge in [-0.1, -0.05) is 39.7 Å². The fourth-order valence-corrected chi connectivity index (χ4v) is 3.32. The highest BCUT2D eigenvalue weighted by atomic mass is 79.9. The first-order valence-electron chi connectivity index (χ1n) is 7.01. The van der Waals surface area contributed by atoms with Gasteiger partial charge in [0.1, 0.15) is 5.75 Å². The number of nitrogens with one attached hydrogen (secondary N) is 1. The molecule has 21 heavy (non-hydrogen) atoms. The van der Waals surface area contributed by atoms with Crippen LogP contribution in [0.5, 0.6) is 5.75 Å². The Kier molecular flexibility index (Phi) is 4.41. The lowest BCUT2D eigenvalue weighted by molar-refractivity contribution is 0.373. The Labute approximate surface area is 138 Å². The van der Waals surface area contributed by atoms with Gasteiger partial charge < -0.3 is 10.1 Å². The molecule has 0 spiro atoms. The van der Waals surface area contributed by atoms with Gasteiger partial charge in [-0.25, -0.2) is 0 Å². The lowest BCUT2D eigenvalue weighted by Crippen LogP contribution is -2.34. The minimum Gasteiger partial charge on any atom is -0.497 e. The van der Waals surface area contributed by atoms with Crippen molar-refractivity contribution < 1.29 is 4.74 Å². The largest absolute Gasteiger partial charge is 0.497 e. The van der Waals surface area contributed by atoms with Gasteiger partial charge in [0.2, 0.25) is 0 Å². The Hall–Kier alpha value is -1.19. The number of methoxy groups -OCH3 is 1. The summed E-state index contributed by atoms with van der Waals surface area (Å²) in [4.78, 5) is 0. The molecule has 0 unspecified atom stereocenters. The van der Waals surface area contributed by atoms with Crippen LogP contribution in [0.15, 0.2) is 46.9 Å². The molecule has 2 nitrogen and oxygen atoms in total. The van der Waals surface area contributed by atoms with Crippen molar-refractivity contribution in [2.24, 2.45) is 0 Å². The lowest BCUT2D eigenvalue weighted by atomic mass is 9.76. The summed E-state index contributed by atoms with van der Waals surface area (Å²) < 4.78 is 6.39. The van der Waals surface area contributed by atoms with Crippen LogP contribution in [0.25, 0.3) is 0 Å². The second-order valence-corrected chi connectivity index (χ2v) is 6.73. The molecule has 0 aliphatic heterocycles. The third kappa shape index (κ3) is 3.35. The molecular formula is C17H17BrClNO. The predicted molar refractivity (Wildman–Crippen MR) is 91.5 cm³/mol. The van der Waals surface area contributed by atoms with E-state index < -0.39 is 0 Å². The van der Waals surface area contributed by atoms with Gasteiger partial charge >= 0.3 is 0 Å². The van der Waals surface area contributed by atoms with E-state index in [0.29, 0.717) is 12.0 Å². The zero-order valence-electron chi connectivity index (χ0n) is 11.8. The van der Waals surface area contributed by atoms with Crippen LogP contribution in [0.2, 0.25) is 5.02 Å². The Morgan fingerprint density at radius 3 is 2.71 bits per heavy atom. The van der Waals surface area contributed by atoms with E-state index in [1.54, 1.807) is 7.11 Å².